The number of hydrogen-bond donors (Lipinski definition) is 0. The Morgan fingerprint density at radius 2 is 2.12 bits per heavy atom. The lowest BCUT2D eigenvalue weighted by molar-refractivity contribution is 0.103. The van der Waals surface area contributed by atoms with Gasteiger partial charge < -0.3 is 14.2 Å². The lowest BCUT2D eigenvalue weighted by atomic mass is 10.2. The molecule has 1 aliphatic rings. The third-order valence-corrected chi connectivity index (χ3v) is 4.97. The van der Waals surface area contributed by atoms with Crippen molar-refractivity contribution in [1.82, 2.24) is 14.5 Å². The summed E-state index contributed by atoms with van der Waals surface area (Å²) in [7, 11) is 0. The summed E-state index contributed by atoms with van der Waals surface area (Å²) in [5.74, 6) is 0. The van der Waals surface area contributed by atoms with Crippen LogP contribution in [0.2, 0.25) is 0 Å². The summed E-state index contributed by atoms with van der Waals surface area (Å²) in [5.41, 5.74) is 1.95. The Labute approximate surface area is 154 Å². The Hall–Kier alpha value is -2.34. The molecule has 1 aliphatic heterocycles. The molecule has 1 atom stereocenters. The second-order valence-corrected chi connectivity index (χ2v) is 7.13. The average Bonchev–Trinajstić information content (AvgIpc) is 3.27. The Morgan fingerprint density at radius 3 is 2.96 bits per heavy atom. The maximum Gasteiger partial charge on any atom is 0.410 e. The van der Waals surface area contributed by atoms with Crippen LogP contribution in [0.4, 0.5) is 4.79 Å². The molecule has 1 fully saturated rings. The number of benzene rings is 1. The maximum absolute atomic E-state index is 12.3. The van der Waals surface area contributed by atoms with Crippen LogP contribution in [0.15, 0.2) is 59.3 Å². The lowest BCUT2D eigenvalue weighted by Crippen LogP contribution is -2.29. The molecule has 1 unspecified atom stereocenters. The van der Waals surface area contributed by atoms with E-state index in [0.29, 0.717) is 19.7 Å². The molecule has 4 rings (SSSR count). The van der Waals surface area contributed by atoms with E-state index in [1.54, 1.807) is 11.1 Å². The zero-order valence-corrected chi connectivity index (χ0v) is 15.2. The molecule has 0 radical (unpaired) electrons. The molecule has 3 heterocycles. The molecule has 128 valence electrons. The highest BCUT2D eigenvalue weighted by molar-refractivity contribution is 9.10. The molecule has 0 spiro atoms. The minimum absolute atomic E-state index is 0.232. The standard InChI is InChI=1S/C19H18BrN3O2/c20-16-10-15-6-9-23(18(15)21-11-16)17-7-8-22(12-17)19(24)25-13-14-4-2-1-3-5-14/h1-6,9-11,17H,7-8,12-13H2. The molecular formula is C19H18BrN3O2. The van der Waals surface area contributed by atoms with Gasteiger partial charge in [0.1, 0.15) is 12.3 Å². The van der Waals surface area contributed by atoms with Crippen LogP contribution in [0.1, 0.15) is 18.0 Å². The topological polar surface area (TPSA) is 47.4 Å². The van der Waals surface area contributed by atoms with E-state index in [9.17, 15) is 4.79 Å². The van der Waals surface area contributed by atoms with E-state index in [0.717, 1.165) is 27.5 Å². The number of pyridine rings is 1. The van der Waals surface area contributed by atoms with Gasteiger partial charge in [0, 0.05) is 35.3 Å². The molecule has 25 heavy (non-hydrogen) atoms. The molecular weight excluding hydrogens is 382 g/mol. The quantitative estimate of drug-likeness (QED) is 0.656. The van der Waals surface area contributed by atoms with Crippen LogP contribution < -0.4 is 0 Å². The minimum Gasteiger partial charge on any atom is -0.445 e. The van der Waals surface area contributed by atoms with Gasteiger partial charge in [-0.25, -0.2) is 9.78 Å². The number of nitrogens with zero attached hydrogens (tertiary/aromatic N) is 3. The van der Waals surface area contributed by atoms with Crippen molar-refractivity contribution in [3.63, 3.8) is 0 Å². The van der Waals surface area contributed by atoms with Crippen LogP contribution in [-0.2, 0) is 11.3 Å². The Morgan fingerprint density at radius 1 is 1.28 bits per heavy atom. The predicted molar refractivity (Wildman–Crippen MR) is 99.3 cm³/mol. The molecule has 1 aromatic carbocycles. The summed E-state index contributed by atoms with van der Waals surface area (Å²) < 4.78 is 8.56. The number of halogens is 1. The van der Waals surface area contributed by atoms with Crippen molar-refractivity contribution in [2.75, 3.05) is 13.1 Å². The number of aromatic nitrogens is 2. The predicted octanol–water partition coefficient (Wildman–Crippen LogP) is 4.38. The van der Waals surface area contributed by atoms with Crippen molar-refractivity contribution >= 4 is 33.1 Å². The van der Waals surface area contributed by atoms with Gasteiger partial charge in [-0.15, -0.1) is 0 Å². The summed E-state index contributed by atoms with van der Waals surface area (Å²) in [6.45, 7) is 1.66. The van der Waals surface area contributed by atoms with Crippen LogP contribution in [-0.4, -0.2) is 33.6 Å². The molecule has 3 aromatic rings. The number of carbonyl (C=O) groups is 1. The first-order valence-electron chi connectivity index (χ1n) is 8.28. The molecule has 6 heteroatoms. The van der Waals surface area contributed by atoms with Gasteiger partial charge in [-0.1, -0.05) is 30.3 Å². The van der Waals surface area contributed by atoms with Gasteiger partial charge in [-0.05, 0) is 40.0 Å². The molecule has 0 aliphatic carbocycles. The Bertz CT molecular complexity index is 894. The molecule has 1 amide bonds. The first-order chi connectivity index (χ1) is 12.2. The highest BCUT2D eigenvalue weighted by Gasteiger charge is 2.29. The first kappa shape index (κ1) is 16.1. The zero-order chi connectivity index (χ0) is 17.2. The highest BCUT2D eigenvalue weighted by Crippen LogP contribution is 2.27. The van der Waals surface area contributed by atoms with Gasteiger partial charge in [-0.3, -0.25) is 0 Å². The molecule has 1 saturated heterocycles. The number of amides is 1. The van der Waals surface area contributed by atoms with Crippen molar-refractivity contribution in [2.24, 2.45) is 0 Å². The SMILES string of the molecule is O=C(OCc1ccccc1)N1CCC(n2ccc3cc(Br)cnc32)C1. The summed E-state index contributed by atoms with van der Waals surface area (Å²) >= 11 is 3.45. The van der Waals surface area contributed by atoms with Crippen LogP contribution in [0.25, 0.3) is 11.0 Å². The number of fused-ring (bicyclic) bond motifs is 1. The smallest absolute Gasteiger partial charge is 0.410 e. The van der Waals surface area contributed by atoms with Crippen molar-refractivity contribution in [2.45, 2.75) is 19.1 Å². The maximum atomic E-state index is 12.3. The van der Waals surface area contributed by atoms with E-state index in [-0.39, 0.29) is 12.1 Å². The third kappa shape index (κ3) is 3.39. The van der Waals surface area contributed by atoms with Crippen molar-refractivity contribution in [3.8, 4) is 0 Å². The van der Waals surface area contributed by atoms with E-state index < -0.39 is 0 Å². The van der Waals surface area contributed by atoms with E-state index in [2.05, 4.69) is 37.6 Å². The molecule has 2 aromatic heterocycles. The van der Waals surface area contributed by atoms with E-state index in [1.165, 1.54) is 0 Å². The highest BCUT2D eigenvalue weighted by atomic mass is 79.9. The molecule has 0 bridgehead atoms. The molecule has 0 saturated carbocycles. The van der Waals surface area contributed by atoms with Crippen LogP contribution in [0, 0.1) is 0 Å². The van der Waals surface area contributed by atoms with Gasteiger partial charge >= 0.3 is 6.09 Å². The summed E-state index contributed by atoms with van der Waals surface area (Å²) in [4.78, 5) is 18.6. The first-order valence-corrected chi connectivity index (χ1v) is 9.08. The van der Waals surface area contributed by atoms with Gasteiger partial charge in [0.2, 0.25) is 0 Å². The number of carbonyl (C=O) groups excluding carboxylic acids is 1. The molecule has 5 nitrogen and oxygen atoms in total. The number of rotatable bonds is 3. The monoisotopic (exact) mass is 399 g/mol. The number of ether oxygens (including phenoxy) is 1. The van der Waals surface area contributed by atoms with Crippen molar-refractivity contribution in [1.29, 1.82) is 0 Å². The second-order valence-electron chi connectivity index (χ2n) is 6.22. The summed E-state index contributed by atoms with van der Waals surface area (Å²) in [6.07, 6.45) is 4.51. The van der Waals surface area contributed by atoms with Crippen LogP contribution >= 0.6 is 15.9 Å². The van der Waals surface area contributed by atoms with Crippen LogP contribution in [0.3, 0.4) is 0 Å². The lowest BCUT2D eigenvalue weighted by Gasteiger charge is -2.17. The second kappa shape index (κ2) is 6.88. The summed E-state index contributed by atoms with van der Waals surface area (Å²) in [5, 5.41) is 1.10. The fraction of sp³-hybridized carbons (Fsp3) is 0.263. The van der Waals surface area contributed by atoms with Gasteiger partial charge in [0.25, 0.3) is 0 Å². The molecule has 0 N–H and O–H groups in total. The largest absolute Gasteiger partial charge is 0.445 e. The summed E-state index contributed by atoms with van der Waals surface area (Å²) in [6, 6.07) is 14.1. The van der Waals surface area contributed by atoms with Crippen molar-refractivity contribution in [3.05, 3.63) is 64.9 Å². The Kier molecular flexibility index (Phi) is 4.44. The fourth-order valence-corrected chi connectivity index (χ4v) is 3.61. The van der Waals surface area contributed by atoms with E-state index in [4.69, 9.17) is 4.74 Å². The van der Waals surface area contributed by atoms with Crippen molar-refractivity contribution < 1.29 is 9.53 Å². The van der Waals surface area contributed by atoms with E-state index >= 15 is 0 Å². The third-order valence-electron chi connectivity index (χ3n) is 4.54. The average molecular weight is 400 g/mol. The van der Waals surface area contributed by atoms with Gasteiger partial charge in [-0.2, -0.15) is 0 Å². The number of hydrogen-bond acceptors (Lipinski definition) is 3. The normalized spacial score (nSPS) is 17.2. The zero-order valence-electron chi connectivity index (χ0n) is 13.6. The van der Waals surface area contributed by atoms with Crippen LogP contribution in [0.5, 0.6) is 0 Å². The number of likely N-dealkylation sites (tertiary alicyclic amines) is 1. The minimum atomic E-state index is -0.251. The van der Waals surface area contributed by atoms with Gasteiger partial charge in [0.05, 0.1) is 6.04 Å². The van der Waals surface area contributed by atoms with Gasteiger partial charge in [0.15, 0.2) is 0 Å². The Balaban J connectivity index is 1.41. The fourth-order valence-electron chi connectivity index (χ4n) is 3.26. The van der Waals surface area contributed by atoms with E-state index in [1.807, 2.05) is 36.5 Å².